The molecule has 0 radical (unpaired) electrons. The molecule has 7 heteroatoms. The van der Waals surface area contributed by atoms with E-state index in [4.69, 9.17) is 9.84 Å². The molecule has 4 N–H and O–H groups in total. The van der Waals surface area contributed by atoms with Crippen LogP contribution in [0.15, 0.2) is 0 Å². The van der Waals surface area contributed by atoms with Crippen LogP contribution in [0, 0.1) is 5.92 Å². The van der Waals surface area contributed by atoms with Gasteiger partial charge in [-0.05, 0) is 32.6 Å². The van der Waals surface area contributed by atoms with E-state index in [-0.39, 0.29) is 0 Å². The van der Waals surface area contributed by atoms with Gasteiger partial charge in [-0.15, -0.1) is 0 Å². The van der Waals surface area contributed by atoms with Crippen LogP contribution >= 0.6 is 0 Å². The number of hydrogen-bond donors (Lipinski definition) is 4. The molecule has 0 saturated heterocycles. The number of aliphatic hydroxyl groups excluding tert-OH is 4. The van der Waals surface area contributed by atoms with Crippen molar-refractivity contribution in [3.8, 4) is 0 Å². The lowest BCUT2D eigenvalue weighted by Crippen LogP contribution is -2.47. The fourth-order valence-corrected chi connectivity index (χ4v) is 2.03. The van der Waals surface area contributed by atoms with E-state index in [0.29, 0.717) is 12.3 Å². The van der Waals surface area contributed by atoms with Gasteiger partial charge < -0.3 is 25.2 Å². The van der Waals surface area contributed by atoms with Gasteiger partial charge in [-0.2, -0.15) is 0 Å². The Morgan fingerprint density at radius 3 is 2.22 bits per heavy atom. The van der Waals surface area contributed by atoms with Crippen molar-refractivity contribution in [2.75, 3.05) is 6.61 Å². The molecule has 0 amide bonds. The number of hydrogen-bond acceptors (Lipinski definition) is 7. The average molecular weight is 334 g/mol. The normalized spacial score (nSPS) is 17.2. The number of aliphatic hydroxyl groups is 4. The highest BCUT2D eigenvalue weighted by molar-refractivity contribution is 6.35. The van der Waals surface area contributed by atoms with Gasteiger partial charge in [0.25, 0.3) is 5.78 Å². The highest BCUT2D eigenvalue weighted by atomic mass is 16.6. The lowest BCUT2D eigenvalue weighted by atomic mass is 9.95. The van der Waals surface area contributed by atoms with Crippen LogP contribution in [0.4, 0.5) is 0 Å². The van der Waals surface area contributed by atoms with Crippen LogP contribution in [-0.2, 0) is 14.3 Å². The van der Waals surface area contributed by atoms with E-state index >= 15 is 0 Å². The molecule has 0 aliphatic rings. The number of carbonyl (C=O) groups is 2. The van der Waals surface area contributed by atoms with Gasteiger partial charge in [0, 0.05) is 0 Å². The minimum absolute atomic E-state index is 0.564. The van der Waals surface area contributed by atoms with Crippen LogP contribution in [0.25, 0.3) is 0 Å². The third kappa shape index (κ3) is 7.87. The standard InChI is InChI=1S/C16H30O7/c1-5-10(2)7-6-8-16(3,4)23-15(22)14(21)13(20)12(19)11(18)9-17/h10-13,17-20H,5-9H2,1-4H3. The molecule has 0 aromatic carbocycles. The van der Waals surface area contributed by atoms with Crippen molar-refractivity contribution in [3.63, 3.8) is 0 Å². The van der Waals surface area contributed by atoms with Gasteiger partial charge in [0.15, 0.2) is 6.10 Å². The number of carbonyl (C=O) groups excluding carboxylic acids is 2. The third-order valence-electron chi connectivity index (χ3n) is 3.92. The summed E-state index contributed by atoms with van der Waals surface area (Å²) in [5.74, 6) is -2.05. The molecule has 4 unspecified atom stereocenters. The second kappa shape index (κ2) is 9.97. The third-order valence-corrected chi connectivity index (χ3v) is 3.92. The van der Waals surface area contributed by atoms with Crippen molar-refractivity contribution in [1.82, 2.24) is 0 Å². The van der Waals surface area contributed by atoms with Crippen molar-refractivity contribution in [2.45, 2.75) is 77.3 Å². The molecule has 0 aliphatic heterocycles. The SMILES string of the molecule is CCC(C)CCCC(C)(C)OC(=O)C(=O)C(O)C(O)C(O)CO. The van der Waals surface area contributed by atoms with E-state index in [0.717, 1.165) is 19.3 Å². The summed E-state index contributed by atoms with van der Waals surface area (Å²) < 4.78 is 5.10. The summed E-state index contributed by atoms with van der Waals surface area (Å²) in [4.78, 5) is 23.5. The zero-order valence-corrected chi connectivity index (χ0v) is 14.4. The molecule has 136 valence electrons. The number of rotatable bonds is 11. The van der Waals surface area contributed by atoms with E-state index in [1.807, 2.05) is 0 Å². The molecule has 0 bridgehead atoms. The van der Waals surface area contributed by atoms with Crippen molar-refractivity contribution in [2.24, 2.45) is 5.92 Å². The molecule has 0 fully saturated rings. The maximum Gasteiger partial charge on any atom is 0.378 e. The van der Waals surface area contributed by atoms with E-state index < -0.39 is 42.3 Å². The Balaban J connectivity index is 4.51. The molecule has 0 aromatic rings. The lowest BCUT2D eigenvalue weighted by Gasteiger charge is -2.26. The lowest BCUT2D eigenvalue weighted by molar-refractivity contribution is -0.171. The van der Waals surface area contributed by atoms with Crippen LogP contribution in [0.5, 0.6) is 0 Å². The zero-order valence-electron chi connectivity index (χ0n) is 14.4. The predicted molar refractivity (Wildman–Crippen MR) is 83.6 cm³/mol. The van der Waals surface area contributed by atoms with Crippen molar-refractivity contribution in [1.29, 1.82) is 0 Å². The largest absolute Gasteiger partial charge is 0.454 e. The summed E-state index contributed by atoms with van der Waals surface area (Å²) in [6.07, 6.45) is -2.36. The van der Waals surface area contributed by atoms with E-state index in [2.05, 4.69) is 13.8 Å². The summed E-state index contributed by atoms with van der Waals surface area (Å²) in [6, 6.07) is 0. The number of Topliss-reactive ketones (excluding diaryl/α,β-unsaturated/α-hetero) is 1. The van der Waals surface area contributed by atoms with Crippen molar-refractivity contribution in [3.05, 3.63) is 0 Å². The van der Waals surface area contributed by atoms with Gasteiger partial charge in [-0.25, -0.2) is 4.79 Å². The number of ether oxygens (including phenoxy) is 1. The average Bonchev–Trinajstić information content (AvgIpc) is 2.50. The molecule has 4 atom stereocenters. The van der Waals surface area contributed by atoms with Crippen LogP contribution in [0.3, 0.4) is 0 Å². The second-order valence-corrected chi connectivity index (χ2v) is 6.60. The summed E-state index contributed by atoms with van der Waals surface area (Å²) >= 11 is 0. The molecular formula is C16H30O7. The van der Waals surface area contributed by atoms with Crippen LogP contribution in [0.1, 0.15) is 53.4 Å². The Morgan fingerprint density at radius 2 is 1.74 bits per heavy atom. The highest BCUT2D eigenvalue weighted by Crippen LogP contribution is 2.21. The van der Waals surface area contributed by atoms with E-state index in [1.54, 1.807) is 13.8 Å². The molecule has 0 saturated carbocycles. The molecular weight excluding hydrogens is 304 g/mol. The smallest absolute Gasteiger partial charge is 0.378 e. The van der Waals surface area contributed by atoms with Gasteiger partial charge >= 0.3 is 5.97 Å². The Labute approximate surface area is 137 Å². The first-order valence-corrected chi connectivity index (χ1v) is 7.98. The first-order chi connectivity index (χ1) is 10.6. The van der Waals surface area contributed by atoms with Gasteiger partial charge in [0.05, 0.1) is 6.61 Å². The second-order valence-electron chi connectivity index (χ2n) is 6.60. The maximum atomic E-state index is 11.8. The number of esters is 1. The zero-order chi connectivity index (χ0) is 18.2. The Hall–Kier alpha value is -1.02. The van der Waals surface area contributed by atoms with Crippen LogP contribution in [0.2, 0.25) is 0 Å². The molecule has 0 aliphatic carbocycles. The molecule has 7 nitrogen and oxygen atoms in total. The minimum atomic E-state index is -2.14. The van der Waals surface area contributed by atoms with Crippen LogP contribution in [-0.4, -0.2) is 62.7 Å². The van der Waals surface area contributed by atoms with Gasteiger partial charge in [0.1, 0.15) is 17.8 Å². The summed E-state index contributed by atoms with van der Waals surface area (Å²) in [5, 5.41) is 36.9. The quantitative estimate of drug-likeness (QED) is 0.313. The first kappa shape index (κ1) is 22.0. The molecule has 0 spiro atoms. The monoisotopic (exact) mass is 334 g/mol. The summed E-state index contributed by atoms with van der Waals surface area (Å²) in [5.41, 5.74) is -0.875. The maximum absolute atomic E-state index is 11.8. The predicted octanol–water partition coefficient (Wildman–Crippen LogP) is 0.169. The number of ketones is 1. The van der Waals surface area contributed by atoms with Crippen molar-refractivity contribution >= 4 is 11.8 Å². The fraction of sp³-hybridized carbons (Fsp3) is 0.875. The Kier molecular flexibility index (Phi) is 9.53. The summed E-state index contributed by atoms with van der Waals surface area (Å²) in [7, 11) is 0. The van der Waals surface area contributed by atoms with Crippen molar-refractivity contribution < 1.29 is 34.8 Å². The van der Waals surface area contributed by atoms with E-state index in [1.165, 1.54) is 0 Å². The fourth-order valence-electron chi connectivity index (χ4n) is 2.03. The van der Waals surface area contributed by atoms with E-state index in [9.17, 15) is 24.9 Å². The first-order valence-electron chi connectivity index (χ1n) is 7.98. The minimum Gasteiger partial charge on any atom is -0.454 e. The Bertz CT molecular complexity index is 381. The highest BCUT2D eigenvalue weighted by Gasteiger charge is 2.36. The van der Waals surface area contributed by atoms with Crippen LogP contribution < -0.4 is 0 Å². The Morgan fingerprint density at radius 1 is 1.17 bits per heavy atom. The van der Waals surface area contributed by atoms with Gasteiger partial charge in [-0.3, -0.25) is 4.79 Å². The van der Waals surface area contributed by atoms with Gasteiger partial charge in [-0.1, -0.05) is 26.7 Å². The topological polar surface area (TPSA) is 124 Å². The molecule has 0 heterocycles. The summed E-state index contributed by atoms with van der Waals surface area (Å²) in [6.45, 7) is 6.72. The van der Waals surface area contributed by atoms with Gasteiger partial charge in [0.2, 0.25) is 0 Å². The molecule has 0 aromatic heterocycles. The molecule has 0 rings (SSSR count). The molecule has 23 heavy (non-hydrogen) atoms.